The molecule has 4 rings (SSSR count). The van der Waals surface area contributed by atoms with Crippen LogP contribution in [0.5, 0.6) is 11.5 Å². The van der Waals surface area contributed by atoms with Crippen LogP contribution in [0.1, 0.15) is 37.9 Å². The van der Waals surface area contributed by atoms with E-state index in [1.54, 1.807) is 69.3 Å². The molecule has 0 bridgehead atoms. The molecule has 0 saturated heterocycles. The van der Waals surface area contributed by atoms with E-state index in [0.717, 1.165) is 0 Å². The number of esters is 1. The van der Waals surface area contributed by atoms with Gasteiger partial charge in [0.15, 0.2) is 16.3 Å². The highest BCUT2D eigenvalue weighted by Gasteiger charge is 2.34. The number of allylic oxidation sites excluding steroid dienone is 1. The quantitative estimate of drug-likeness (QED) is 0.278. The van der Waals surface area contributed by atoms with Gasteiger partial charge >= 0.3 is 5.97 Å². The van der Waals surface area contributed by atoms with Crippen molar-refractivity contribution in [2.75, 3.05) is 13.7 Å². The van der Waals surface area contributed by atoms with Gasteiger partial charge in [0.25, 0.3) is 5.56 Å². The maximum atomic E-state index is 13.8. The summed E-state index contributed by atoms with van der Waals surface area (Å²) < 4.78 is 18.7. The molecule has 1 aromatic heterocycles. The number of hydrogen-bond donors (Lipinski definition) is 0. The maximum absolute atomic E-state index is 13.8. The normalized spacial score (nSPS) is 15.2. The monoisotopic (exact) mass is 572 g/mol. The summed E-state index contributed by atoms with van der Waals surface area (Å²) in [6.45, 7) is 9.23. The molecule has 1 unspecified atom stereocenters. The average Bonchev–Trinajstić information content (AvgIpc) is 3.17. The second kappa shape index (κ2) is 11.6. The zero-order chi connectivity index (χ0) is 27.6. The second-order valence-corrected chi connectivity index (χ2v) is 10.6. The van der Waals surface area contributed by atoms with Crippen LogP contribution in [0.15, 0.2) is 70.1 Å². The van der Waals surface area contributed by atoms with Gasteiger partial charge in [0.2, 0.25) is 0 Å². The Labute approximate surface area is 233 Å². The molecule has 2 aromatic carbocycles. The number of thiazole rings is 1. The van der Waals surface area contributed by atoms with Crippen LogP contribution in [-0.4, -0.2) is 30.4 Å². The van der Waals surface area contributed by atoms with Gasteiger partial charge in [-0.3, -0.25) is 9.36 Å². The highest BCUT2D eigenvalue weighted by Crippen LogP contribution is 2.36. The first-order chi connectivity index (χ1) is 18.1. The zero-order valence-corrected chi connectivity index (χ0v) is 23.6. The highest BCUT2D eigenvalue weighted by molar-refractivity contribution is 7.07. The maximum Gasteiger partial charge on any atom is 0.338 e. The fourth-order valence-electron chi connectivity index (χ4n) is 4.06. The van der Waals surface area contributed by atoms with Gasteiger partial charge in [-0.15, -0.1) is 0 Å². The summed E-state index contributed by atoms with van der Waals surface area (Å²) in [6, 6.07) is 9.53. The van der Waals surface area contributed by atoms with Crippen molar-refractivity contribution in [1.29, 1.82) is 0 Å². The van der Waals surface area contributed by atoms with E-state index < -0.39 is 12.0 Å². The molecule has 1 aliphatic heterocycles. The van der Waals surface area contributed by atoms with Gasteiger partial charge < -0.3 is 14.2 Å². The number of methoxy groups -OCH3 is 1. The highest BCUT2D eigenvalue weighted by atomic mass is 35.5. The van der Waals surface area contributed by atoms with Gasteiger partial charge in [-0.1, -0.05) is 59.3 Å². The van der Waals surface area contributed by atoms with Crippen molar-refractivity contribution < 1.29 is 19.0 Å². The molecule has 3 aromatic rings. The SMILES string of the molecule is C=CCOc1ccc(C2C(C(=O)OC(C)C)=C(C)N=c3s/c(=C\c4ccc(Cl)cc4Cl)c(=O)n32)cc1OC. The Bertz CT molecular complexity index is 1620. The van der Waals surface area contributed by atoms with Crippen LogP contribution < -0.4 is 24.4 Å². The smallest absolute Gasteiger partial charge is 0.338 e. The lowest BCUT2D eigenvalue weighted by atomic mass is 9.95. The summed E-state index contributed by atoms with van der Waals surface area (Å²) in [4.78, 5) is 32.2. The standard InChI is InChI=1S/C28H26Cl2N2O5S/c1-6-11-36-21-10-8-18(12-22(21)35-5)25-24(27(34)37-15(2)3)16(4)31-28-32(25)26(33)23(38-28)13-17-7-9-19(29)14-20(17)30/h6-10,12-15,25H,1,11H2,2-5H3/b23-13-. The Morgan fingerprint density at radius 1 is 1.21 bits per heavy atom. The minimum absolute atomic E-state index is 0.268. The van der Waals surface area contributed by atoms with Crippen LogP contribution in [0.25, 0.3) is 6.08 Å². The van der Waals surface area contributed by atoms with E-state index in [2.05, 4.69) is 11.6 Å². The molecule has 0 N–H and O–H groups in total. The average molecular weight is 573 g/mol. The molecule has 198 valence electrons. The predicted octanol–water partition coefficient (Wildman–Crippen LogP) is 5.07. The molecule has 0 fully saturated rings. The van der Waals surface area contributed by atoms with Crippen LogP contribution >= 0.6 is 34.5 Å². The molecule has 7 nitrogen and oxygen atoms in total. The van der Waals surface area contributed by atoms with E-state index >= 15 is 0 Å². The fraction of sp³-hybridized carbons (Fsp3) is 0.250. The van der Waals surface area contributed by atoms with Gasteiger partial charge in [0.1, 0.15) is 6.61 Å². The summed E-state index contributed by atoms with van der Waals surface area (Å²) in [6.07, 6.45) is 2.96. The van der Waals surface area contributed by atoms with E-state index in [9.17, 15) is 9.59 Å². The minimum atomic E-state index is -0.803. The first-order valence-corrected chi connectivity index (χ1v) is 13.3. The lowest BCUT2D eigenvalue weighted by Gasteiger charge is -2.26. The van der Waals surface area contributed by atoms with Gasteiger partial charge in [-0.25, -0.2) is 9.79 Å². The Morgan fingerprint density at radius 3 is 2.63 bits per heavy atom. The number of benzene rings is 2. The molecular weight excluding hydrogens is 547 g/mol. The van der Waals surface area contributed by atoms with Crippen LogP contribution in [0.3, 0.4) is 0 Å². The molecule has 2 heterocycles. The van der Waals surface area contributed by atoms with Gasteiger partial charge in [-0.05, 0) is 62.2 Å². The minimum Gasteiger partial charge on any atom is -0.493 e. The van der Waals surface area contributed by atoms with Crippen molar-refractivity contribution >= 4 is 46.6 Å². The third-order valence-electron chi connectivity index (χ3n) is 5.69. The Hall–Kier alpha value is -3.33. The molecule has 0 amide bonds. The molecule has 1 atom stereocenters. The second-order valence-electron chi connectivity index (χ2n) is 8.71. The van der Waals surface area contributed by atoms with E-state index in [1.165, 1.54) is 23.0 Å². The van der Waals surface area contributed by atoms with E-state index in [4.69, 9.17) is 37.4 Å². The van der Waals surface area contributed by atoms with E-state index in [-0.39, 0.29) is 17.2 Å². The first-order valence-electron chi connectivity index (χ1n) is 11.7. The van der Waals surface area contributed by atoms with Gasteiger partial charge in [-0.2, -0.15) is 0 Å². The van der Waals surface area contributed by atoms with E-state index in [1.807, 2.05) is 0 Å². The summed E-state index contributed by atoms with van der Waals surface area (Å²) in [5.41, 5.74) is 1.68. The van der Waals surface area contributed by atoms with Crippen molar-refractivity contribution in [3.05, 3.63) is 101 Å². The zero-order valence-electron chi connectivity index (χ0n) is 21.3. The van der Waals surface area contributed by atoms with Gasteiger partial charge in [0, 0.05) is 10.0 Å². The third kappa shape index (κ3) is 5.57. The Morgan fingerprint density at radius 2 is 1.97 bits per heavy atom. The molecule has 10 heteroatoms. The fourth-order valence-corrected chi connectivity index (χ4v) is 5.56. The summed E-state index contributed by atoms with van der Waals surface area (Å²) in [5, 5.41) is 0.907. The van der Waals surface area contributed by atoms with E-state index in [0.29, 0.717) is 54.3 Å². The number of ether oxygens (including phenoxy) is 3. The number of hydrogen-bond acceptors (Lipinski definition) is 7. The van der Waals surface area contributed by atoms with Crippen LogP contribution in [0, 0.1) is 0 Å². The summed E-state index contributed by atoms with van der Waals surface area (Å²) in [5.74, 6) is 0.408. The van der Waals surface area contributed by atoms with Crippen molar-refractivity contribution in [1.82, 2.24) is 4.57 Å². The summed E-state index contributed by atoms with van der Waals surface area (Å²) >= 11 is 13.6. The molecular formula is C28H26Cl2N2O5S. The molecule has 0 saturated carbocycles. The molecule has 0 aliphatic carbocycles. The predicted molar refractivity (Wildman–Crippen MR) is 150 cm³/mol. The van der Waals surface area contributed by atoms with Crippen LogP contribution in [0.2, 0.25) is 10.0 Å². The number of rotatable bonds is 8. The molecule has 38 heavy (non-hydrogen) atoms. The van der Waals surface area contributed by atoms with Crippen LogP contribution in [0.4, 0.5) is 0 Å². The lowest BCUT2D eigenvalue weighted by molar-refractivity contribution is -0.143. The molecule has 1 aliphatic rings. The van der Waals surface area contributed by atoms with Crippen molar-refractivity contribution in [2.24, 2.45) is 4.99 Å². The number of nitrogens with zero attached hydrogens (tertiary/aromatic N) is 2. The number of aromatic nitrogens is 1. The van der Waals surface area contributed by atoms with Crippen molar-refractivity contribution in [3.63, 3.8) is 0 Å². The van der Waals surface area contributed by atoms with Crippen molar-refractivity contribution in [2.45, 2.75) is 32.9 Å². The Kier molecular flexibility index (Phi) is 8.45. The number of carbonyl (C=O) groups is 1. The topological polar surface area (TPSA) is 79.1 Å². The number of fused-ring (bicyclic) bond motifs is 1. The first kappa shape index (κ1) is 27.7. The van der Waals surface area contributed by atoms with Gasteiger partial charge in [0.05, 0.1) is 35.1 Å². The lowest BCUT2D eigenvalue weighted by Crippen LogP contribution is -2.40. The largest absolute Gasteiger partial charge is 0.493 e. The third-order valence-corrected chi connectivity index (χ3v) is 7.24. The Balaban J connectivity index is 1.95. The number of halogens is 2. The molecule has 0 radical (unpaired) electrons. The van der Waals surface area contributed by atoms with Crippen molar-refractivity contribution in [3.8, 4) is 11.5 Å². The summed E-state index contributed by atoms with van der Waals surface area (Å²) in [7, 11) is 1.52. The molecule has 0 spiro atoms. The van der Waals surface area contributed by atoms with Crippen LogP contribution in [-0.2, 0) is 9.53 Å². The number of carbonyl (C=O) groups excluding carboxylic acids is 1.